The molecule has 0 radical (unpaired) electrons. The highest BCUT2D eigenvalue weighted by atomic mass is 32.2. The zero-order valence-corrected chi connectivity index (χ0v) is 20.1. The van der Waals surface area contributed by atoms with Crippen LogP contribution in [0.3, 0.4) is 0 Å². The number of amides is 2. The molecule has 172 valence electrons. The molecule has 0 fully saturated rings. The summed E-state index contributed by atoms with van der Waals surface area (Å²) in [6, 6.07) is 18.1. The molecule has 33 heavy (non-hydrogen) atoms. The standard InChI is InChI=1S/C25H27N3O3S2/c1-31-18-7-9-19(10-8-18)32-14-12-22(29)27-25-23(24(26)30)20-11-13-28(16-21(20)33-25)15-17-5-3-2-4-6-17/h2-10H,11-16H2,1H3,(H2,26,30)(H,27,29). The van der Waals surface area contributed by atoms with Crippen LogP contribution < -0.4 is 15.8 Å². The van der Waals surface area contributed by atoms with E-state index in [1.807, 2.05) is 42.5 Å². The van der Waals surface area contributed by atoms with Crippen molar-refractivity contribution < 1.29 is 14.3 Å². The van der Waals surface area contributed by atoms with Crippen molar-refractivity contribution in [3.05, 3.63) is 76.2 Å². The number of nitrogens with zero attached hydrogens (tertiary/aromatic N) is 1. The fourth-order valence-corrected chi connectivity index (χ4v) is 6.07. The lowest BCUT2D eigenvalue weighted by molar-refractivity contribution is -0.115. The van der Waals surface area contributed by atoms with E-state index in [4.69, 9.17) is 10.5 Å². The summed E-state index contributed by atoms with van der Waals surface area (Å²) >= 11 is 3.08. The summed E-state index contributed by atoms with van der Waals surface area (Å²) in [5, 5.41) is 3.52. The van der Waals surface area contributed by atoms with Crippen LogP contribution in [0.15, 0.2) is 59.5 Å². The van der Waals surface area contributed by atoms with Crippen molar-refractivity contribution in [2.45, 2.75) is 30.8 Å². The number of rotatable bonds is 9. The second-order valence-corrected chi connectivity index (χ2v) is 10.1. The number of methoxy groups -OCH3 is 1. The van der Waals surface area contributed by atoms with Gasteiger partial charge in [0.25, 0.3) is 5.91 Å². The Balaban J connectivity index is 1.37. The third-order valence-electron chi connectivity index (χ3n) is 5.54. The first-order chi connectivity index (χ1) is 16.0. The molecule has 0 bridgehead atoms. The summed E-state index contributed by atoms with van der Waals surface area (Å²) in [4.78, 5) is 29.3. The predicted octanol–water partition coefficient (Wildman–Crippen LogP) is 4.53. The lowest BCUT2D eigenvalue weighted by atomic mass is 10.0. The molecule has 0 spiro atoms. The maximum atomic E-state index is 12.6. The topological polar surface area (TPSA) is 84.7 Å². The van der Waals surface area contributed by atoms with Crippen molar-refractivity contribution in [3.63, 3.8) is 0 Å². The Kier molecular flexibility index (Phi) is 7.69. The number of carbonyl (C=O) groups is 2. The molecular formula is C25H27N3O3S2. The van der Waals surface area contributed by atoms with Gasteiger partial charge in [-0.1, -0.05) is 30.3 Å². The van der Waals surface area contributed by atoms with E-state index < -0.39 is 5.91 Å². The molecule has 2 aromatic carbocycles. The number of thiophene rings is 1. The van der Waals surface area contributed by atoms with Crippen molar-refractivity contribution in [1.29, 1.82) is 0 Å². The molecule has 1 aliphatic heterocycles. The van der Waals surface area contributed by atoms with Crippen molar-refractivity contribution in [2.24, 2.45) is 5.73 Å². The average molecular weight is 482 g/mol. The fraction of sp³-hybridized carbons (Fsp3) is 0.280. The molecule has 0 unspecified atom stereocenters. The van der Waals surface area contributed by atoms with Crippen LogP contribution in [-0.2, 0) is 24.3 Å². The van der Waals surface area contributed by atoms with Gasteiger partial charge in [0.1, 0.15) is 10.8 Å². The fourth-order valence-electron chi connectivity index (χ4n) is 3.90. The first-order valence-electron chi connectivity index (χ1n) is 10.8. The van der Waals surface area contributed by atoms with Crippen LogP contribution in [0.2, 0.25) is 0 Å². The highest BCUT2D eigenvalue weighted by Gasteiger charge is 2.27. The van der Waals surface area contributed by atoms with Crippen LogP contribution in [0.4, 0.5) is 5.00 Å². The minimum absolute atomic E-state index is 0.113. The number of primary amides is 1. The van der Waals surface area contributed by atoms with E-state index in [1.165, 1.54) is 16.9 Å². The summed E-state index contributed by atoms with van der Waals surface area (Å²) in [7, 11) is 1.63. The Morgan fingerprint density at radius 2 is 1.91 bits per heavy atom. The zero-order valence-electron chi connectivity index (χ0n) is 18.5. The molecule has 3 N–H and O–H groups in total. The third kappa shape index (κ3) is 5.96. The maximum absolute atomic E-state index is 12.6. The Labute approximate surface area is 202 Å². The predicted molar refractivity (Wildman–Crippen MR) is 134 cm³/mol. The average Bonchev–Trinajstić information content (AvgIpc) is 3.17. The van der Waals surface area contributed by atoms with E-state index in [2.05, 4.69) is 22.3 Å². The summed E-state index contributed by atoms with van der Waals surface area (Å²) in [6.45, 7) is 2.46. The number of anilines is 1. The first-order valence-corrected chi connectivity index (χ1v) is 12.6. The number of ether oxygens (including phenoxy) is 1. The third-order valence-corrected chi connectivity index (χ3v) is 7.69. The van der Waals surface area contributed by atoms with Crippen LogP contribution in [0.1, 0.15) is 32.8 Å². The molecule has 1 aromatic heterocycles. The largest absolute Gasteiger partial charge is 0.497 e. The van der Waals surface area contributed by atoms with E-state index >= 15 is 0 Å². The van der Waals surface area contributed by atoms with Gasteiger partial charge >= 0.3 is 0 Å². The van der Waals surface area contributed by atoms with Gasteiger partial charge in [0.05, 0.1) is 12.7 Å². The molecule has 0 saturated carbocycles. The van der Waals surface area contributed by atoms with Gasteiger partial charge < -0.3 is 15.8 Å². The number of carbonyl (C=O) groups excluding carboxylic acids is 2. The summed E-state index contributed by atoms with van der Waals surface area (Å²) in [5.41, 5.74) is 8.43. The number of nitrogens with one attached hydrogen (secondary N) is 1. The summed E-state index contributed by atoms with van der Waals surface area (Å²) in [5.74, 6) is 0.852. The number of nitrogens with two attached hydrogens (primary N) is 1. The Morgan fingerprint density at radius 1 is 1.15 bits per heavy atom. The Bertz CT molecular complexity index is 1110. The molecule has 3 aromatic rings. The van der Waals surface area contributed by atoms with Gasteiger partial charge in [-0.15, -0.1) is 23.1 Å². The molecule has 1 aliphatic rings. The van der Waals surface area contributed by atoms with Gasteiger partial charge in [-0.05, 0) is 41.8 Å². The van der Waals surface area contributed by atoms with Gasteiger partial charge in [0.2, 0.25) is 5.91 Å². The van der Waals surface area contributed by atoms with Gasteiger partial charge in [-0.25, -0.2) is 0 Å². The monoisotopic (exact) mass is 481 g/mol. The molecule has 2 amide bonds. The van der Waals surface area contributed by atoms with Crippen molar-refractivity contribution in [3.8, 4) is 5.75 Å². The van der Waals surface area contributed by atoms with E-state index in [0.29, 0.717) is 22.7 Å². The lowest BCUT2D eigenvalue weighted by Gasteiger charge is -2.27. The van der Waals surface area contributed by atoms with E-state index in [0.717, 1.165) is 47.1 Å². The first kappa shape index (κ1) is 23.4. The second kappa shape index (κ2) is 10.9. The minimum atomic E-state index is -0.480. The van der Waals surface area contributed by atoms with Crippen molar-refractivity contribution in [2.75, 3.05) is 24.7 Å². The smallest absolute Gasteiger partial charge is 0.251 e. The summed E-state index contributed by atoms with van der Waals surface area (Å²) in [6.07, 6.45) is 1.09. The number of benzene rings is 2. The van der Waals surface area contributed by atoms with Crippen LogP contribution >= 0.6 is 23.1 Å². The van der Waals surface area contributed by atoms with E-state index in [1.54, 1.807) is 18.9 Å². The quantitative estimate of drug-likeness (QED) is 0.439. The highest BCUT2D eigenvalue weighted by Crippen LogP contribution is 2.37. The molecule has 0 aliphatic carbocycles. The number of hydrogen-bond donors (Lipinski definition) is 2. The van der Waals surface area contributed by atoms with Gasteiger partial charge in [-0.2, -0.15) is 0 Å². The molecule has 4 rings (SSSR count). The van der Waals surface area contributed by atoms with Crippen LogP contribution in [0.5, 0.6) is 5.75 Å². The maximum Gasteiger partial charge on any atom is 0.251 e. The Hall–Kier alpha value is -2.81. The van der Waals surface area contributed by atoms with Crippen molar-refractivity contribution >= 4 is 39.9 Å². The van der Waals surface area contributed by atoms with Crippen molar-refractivity contribution in [1.82, 2.24) is 4.90 Å². The molecule has 0 saturated heterocycles. The van der Waals surface area contributed by atoms with Gasteiger partial charge in [0.15, 0.2) is 0 Å². The Morgan fingerprint density at radius 3 is 2.61 bits per heavy atom. The molecular weight excluding hydrogens is 454 g/mol. The second-order valence-electron chi connectivity index (χ2n) is 7.84. The minimum Gasteiger partial charge on any atom is -0.497 e. The van der Waals surface area contributed by atoms with Crippen LogP contribution in [-0.4, -0.2) is 36.1 Å². The molecule has 2 heterocycles. The number of hydrogen-bond acceptors (Lipinski definition) is 6. The normalized spacial score (nSPS) is 13.4. The van der Waals surface area contributed by atoms with E-state index in [-0.39, 0.29) is 5.91 Å². The molecule has 0 atom stereocenters. The van der Waals surface area contributed by atoms with Crippen LogP contribution in [0, 0.1) is 0 Å². The molecule has 6 nitrogen and oxygen atoms in total. The van der Waals surface area contributed by atoms with Gasteiger partial charge in [-0.3, -0.25) is 14.5 Å². The highest BCUT2D eigenvalue weighted by molar-refractivity contribution is 7.99. The molecule has 8 heteroatoms. The SMILES string of the molecule is COc1ccc(SCCC(=O)Nc2sc3c(c2C(N)=O)CCN(Cc2ccccc2)C3)cc1. The van der Waals surface area contributed by atoms with Gasteiger partial charge in [0, 0.05) is 41.6 Å². The van der Waals surface area contributed by atoms with Crippen LogP contribution in [0.25, 0.3) is 0 Å². The summed E-state index contributed by atoms with van der Waals surface area (Å²) < 4.78 is 5.17. The lowest BCUT2D eigenvalue weighted by Crippen LogP contribution is -2.30. The number of fused-ring (bicyclic) bond motifs is 1. The number of thioether (sulfide) groups is 1. The van der Waals surface area contributed by atoms with E-state index in [9.17, 15) is 9.59 Å². The zero-order chi connectivity index (χ0) is 23.2.